The van der Waals surface area contributed by atoms with Crippen LogP contribution in [0.1, 0.15) is 26.7 Å². The molecule has 0 aromatic heterocycles. The minimum atomic E-state index is -0.878. The van der Waals surface area contributed by atoms with E-state index in [9.17, 15) is 14.0 Å². The van der Waals surface area contributed by atoms with Crippen LogP contribution in [-0.4, -0.2) is 29.6 Å². The highest BCUT2D eigenvalue weighted by molar-refractivity contribution is 6.23. The van der Waals surface area contributed by atoms with Crippen LogP contribution in [0.3, 0.4) is 0 Å². The Labute approximate surface area is 144 Å². The van der Waals surface area contributed by atoms with Gasteiger partial charge in [-0.1, -0.05) is 12.1 Å². The Morgan fingerprint density at radius 1 is 1.25 bits per heavy atom. The lowest BCUT2D eigenvalue weighted by Gasteiger charge is -2.10. The molecule has 2 saturated heterocycles. The topological polar surface area (TPSA) is 59.1 Å². The number of benzene rings is 1. The Hall–Kier alpha value is -1.92. The van der Waals surface area contributed by atoms with Crippen molar-refractivity contribution in [1.82, 2.24) is 0 Å². The molecule has 0 bridgehead atoms. The highest BCUT2D eigenvalue weighted by atomic mass is 35.5. The lowest BCUT2D eigenvalue weighted by molar-refractivity contribution is -0.114. The predicted molar refractivity (Wildman–Crippen MR) is 86.3 cm³/mol. The summed E-state index contributed by atoms with van der Waals surface area (Å²) in [6, 6.07) is 5.55. The number of ether oxygens (including phenoxy) is 2. The van der Waals surface area contributed by atoms with Gasteiger partial charge in [-0.05, 0) is 44.4 Å². The van der Waals surface area contributed by atoms with Crippen LogP contribution in [0.15, 0.2) is 35.6 Å². The second kappa shape index (κ2) is 6.53. The number of imide groups is 1. The number of carbonyl (C=O) groups is 2. The molecule has 4 rings (SSSR count). The van der Waals surface area contributed by atoms with E-state index in [1.807, 2.05) is 0 Å². The summed E-state index contributed by atoms with van der Waals surface area (Å²) in [4.78, 5) is 24.1. The van der Waals surface area contributed by atoms with Gasteiger partial charge in [0.15, 0.2) is 5.76 Å². The fraction of sp³-hybridized carbons (Fsp3) is 0.412. The molecule has 1 aromatic rings. The number of allylic oxidation sites excluding steroid dienone is 1. The molecule has 3 fully saturated rings. The SMILES string of the molecule is CC(C)=C1OC(=O)N(c2ccccc2F)C1=O.ClC1CCC2OC12. The van der Waals surface area contributed by atoms with Gasteiger partial charge in [0, 0.05) is 0 Å². The van der Waals surface area contributed by atoms with Gasteiger partial charge in [-0.2, -0.15) is 0 Å². The molecule has 5 nitrogen and oxygen atoms in total. The van der Waals surface area contributed by atoms with Crippen LogP contribution < -0.4 is 4.90 Å². The molecule has 3 unspecified atom stereocenters. The summed E-state index contributed by atoms with van der Waals surface area (Å²) >= 11 is 5.78. The summed E-state index contributed by atoms with van der Waals surface area (Å²) in [7, 11) is 0. The van der Waals surface area contributed by atoms with Crippen molar-refractivity contribution in [1.29, 1.82) is 0 Å². The van der Waals surface area contributed by atoms with Crippen molar-refractivity contribution in [2.45, 2.75) is 44.3 Å². The van der Waals surface area contributed by atoms with E-state index in [2.05, 4.69) is 0 Å². The molecule has 0 radical (unpaired) electrons. The van der Waals surface area contributed by atoms with Crippen LogP contribution in [0.4, 0.5) is 14.9 Å². The second-order valence-corrected chi connectivity index (χ2v) is 6.58. The zero-order chi connectivity index (χ0) is 17.4. The Bertz CT molecular complexity index is 716. The second-order valence-electron chi connectivity index (χ2n) is 6.02. The Morgan fingerprint density at radius 3 is 2.38 bits per heavy atom. The third-order valence-corrected chi connectivity index (χ3v) is 4.49. The van der Waals surface area contributed by atoms with Crippen molar-refractivity contribution in [3.05, 3.63) is 41.4 Å². The first-order valence-corrected chi connectivity index (χ1v) is 8.11. The number of para-hydroxylation sites is 1. The molecular weight excluding hydrogens is 337 g/mol. The third kappa shape index (κ3) is 3.16. The van der Waals surface area contributed by atoms with E-state index in [1.165, 1.54) is 24.6 Å². The van der Waals surface area contributed by atoms with E-state index in [0.29, 0.717) is 28.1 Å². The summed E-state index contributed by atoms with van der Waals surface area (Å²) in [6.07, 6.45) is 2.48. The summed E-state index contributed by atoms with van der Waals surface area (Å²) in [6.45, 7) is 3.29. The first-order valence-electron chi connectivity index (χ1n) is 7.68. The number of halogens is 2. The minimum absolute atomic E-state index is 0.0433. The number of nitrogens with zero attached hydrogens (tertiary/aromatic N) is 1. The van der Waals surface area contributed by atoms with Crippen molar-refractivity contribution in [2.24, 2.45) is 0 Å². The number of hydrogen-bond donors (Lipinski definition) is 0. The molecule has 2 heterocycles. The standard InChI is InChI=1S/C12H10FNO3.C5H7ClO/c1-7(2)10-11(15)14(12(16)17-10)9-6-4-3-5-8(9)13;6-3-1-2-4-5(3)7-4/h3-6H,1-2H3;3-5H,1-2H2. The van der Waals surface area contributed by atoms with Gasteiger partial charge in [0.2, 0.25) is 0 Å². The maximum atomic E-state index is 13.5. The fourth-order valence-corrected chi connectivity index (χ4v) is 3.06. The Morgan fingerprint density at radius 2 is 1.96 bits per heavy atom. The lowest BCUT2D eigenvalue weighted by Crippen LogP contribution is -2.29. The quantitative estimate of drug-likeness (QED) is 0.438. The summed E-state index contributed by atoms with van der Waals surface area (Å²) in [5, 5.41) is 0.338. The van der Waals surface area contributed by atoms with Crippen molar-refractivity contribution >= 4 is 29.3 Å². The lowest BCUT2D eigenvalue weighted by atomic mass is 10.2. The normalized spacial score (nSPS) is 27.4. The number of anilines is 1. The molecular formula is C17H17ClFNO4. The van der Waals surface area contributed by atoms with E-state index in [-0.39, 0.29) is 11.4 Å². The maximum Gasteiger partial charge on any atom is 0.427 e. The number of alkyl halides is 1. The van der Waals surface area contributed by atoms with Gasteiger partial charge in [-0.25, -0.2) is 14.1 Å². The zero-order valence-corrected chi connectivity index (χ0v) is 14.0. The summed E-state index contributed by atoms with van der Waals surface area (Å²) in [5.41, 5.74) is 0.473. The number of rotatable bonds is 1. The van der Waals surface area contributed by atoms with Gasteiger partial charge in [-0.3, -0.25) is 4.79 Å². The Balaban J connectivity index is 0.000000198. The number of cyclic esters (lactones) is 1. The van der Waals surface area contributed by atoms with Crippen LogP contribution >= 0.6 is 11.6 Å². The van der Waals surface area contributed by atoms with Crippen LogP contribution in [0.25, 0.3) is 0 Å². The average Bonchev–Trinajstić information content (AvgIpc) is 3.16. The van der Waals surface area contributed by atoms with Gasteiger partial charge in [0.25, 0.3) is 0 Å². The summed E-state index contributed by atoms with van der Waals surface area (Å²) in [5.74, 6) is -1.33. The minimum Gasteiger partial charge on any atom is -0.404 e. The number of fused-ring (bicyclic) bond motifs is 1. The van der Waals surface area contributed by atoms with Gasteiger partial charge < -0.3 is 9.47 Å². The highest BCUT2D eigenvalue weighted by Crippen LogP contribution is 2.41. The number of carbonyl (C=O) groups excluding carboxylic acids is 2. The number of amides is 2. The van der Waals surface area contributed by atoms with Crippen LogP contribution in [-0.2, 0) is 14.3 Å². The number of epoxide rings is 1. The number of hydrogen-bond acceptors (Lipinski definition) is 4. The zero-order valence-electron chi connectivity index (χ0n) is 13.3. The first kappa shape index (κ1) is 16.9. The fourth-order valence-electron chi connectivity index (χ4n) is 2.71. The van der Waals surface area contributed by atoms with E-state index < -0.39 is 17.8 Å². The van der Waals surface area contributed by atoms with Gasteiger partial charge in [0.1, 0.15) is 11.9 Å². The van der Waals surface area contributed by atoms with Gasteiger partial charge in [0.05, 0.1) is 17.2 Å². The largest absolute Gasteiger partial charge is 0.427 e. The predicted octanol–water partition coefficient (Wildman–Crippen LogP) is 3.76. The van der Waals surface area contributed by atoms with Crippen LogP contribution in [0, 0.1) is 5.82 Å². The molecule has 1 saturated carbocycles. The first-order chi connectivity index (χ1) is 11.4. The molecule has 1 aliphatic carbocycles. The highest BCUT2D eigenvalue weighted by Gasteiger charge is 2.49. The van der Waals surface area contributed by atoms with E-state index >= 15 is 0 Å². The molecule has 128 valence electrons. The molecule has 24 heavy (non-hydrogen) atoms. The van der Waals surface area contributed by atoms with Crippen molar-refractivity contribution < 1.29 is 23.5 Å². The van der Waals surface area contributed by atoms with Gasteiger partial charge >= 0.3 is 12.0 Å². The van der Waals surface area contributed by atoms with E-state index in [1.54, 1.807) is 19.9 Å². The molecule has 0 spiro atoms. The smallest absolute Gasteiger partial charge is 0.404 e. The van der Waals surface area contributed by atoms with Crippen LogP contribution in [0.2, 0.25) is 0 Å². The van der Waals surface area contributed by atoms with Gasteiger partial charge in [-0.15, -0.1) is 11.6 Å². The maximum absolute atomic E-state index is 13.5. The molecule has 2 aliphatic heterocycles. The Kier molecular flexibility index (Phi) is 4.60. The molecule has 7 heteroatoms. The van der Waals surface area contributed by atoms with Crippen LogP contribution in [0.5, 0.6) is 0 Å². The van der Waals surface area contributed by atoms with E-state index in [4.69, 9.17) is 21.1 Å². The molecule has 0 N–H and O–H groups in total. The molecule has 1 aromatic carbocycles. The molecule has 3 atom stereocenters. The average molecular weight is 354 g/mol. The van der Waals surface area contributed by atoms with E-state index in [0.717, 1.165) is 6.42 Å². The molecule has 3 aliphatic rings. The van der Waals surface area contributed by atoms with Crippen molar-refractivity contribution in [3.63, 3.8) is 0 Å². The molecule has 2 amide bonds. The van der Waals surface area contributed by atoms with Crippen molar-refractivity contribution in [2.75, 3.05) is 4.90 Å². The van der Waals surface area contributed by atoms with Crippen molar-refractivity contribution in [3.8, 4) is 0 Å². The third-order valence-electron chi connectivity index (χ3n) is 4.02. The monoisotopic (exact) mass is 353 g/mol. The summed E-state index contributed by atoms with van der Waals surface area (Å²) < 4.78 is 23.4.